The summed E-state index contributed by atoms with van der Waals surface area (Å²) >= 11 is 0. The number of esters is 2. The molecule has 9 nitrogen and oxygen atoms in total. The lowest BCUT2D eigenvalue weighted by molar-refractivity contribution is -0.870. The van der Waals surface area contributed by atoms with E-state index in [1.807, 2.05) is 21.1 Å². The van der Waals surface area contributed by atoms with E-state index in [-0.39, 0.29) is 25.6 Å². The van der Waals surface area contributed by atoms with Gasteiger partial charge in [-0.2, -0.15) is 0 Å². The fourth-order valence-corrected chi connectivity index (χ4v) is 8.17. The highest BCUT2D eigenvalue weighted by molar-refractivity contribution is 7.47. The van der Waals surface area contributed by atoms with E-state index in [9.17, 15) is 19.0 Å². The standard InChI is InChI=1S/C49H98NO8P/c1-6-8-10-12-14-16-18-20-22-24-25-26-28-29-31-33-35-37-39-41-48(51)55-45-47(46-57-59(53,54)56-44-43-50(3,4)5)58-49(52)42-40-38-36-34-32-30-27-23-21-19-17-15-13-11-9-7-2/h47H,6-46H2,1-5H3/p+1/t47-/m1/s1. The number of likely N-dealkylation sites (N-methyl/N-ethyl adjacent to an activating group) is 1. The molecule has 59 heavy (non-hydrogen) atoms. The maximum Gasteiger partial charge on any atom is 0.472 e. The highest BCUT2D eigenvalue weighted by Gasteiger charge is 2.27. The third kappa shape index (κ3) is 46.3. The second-order valence-electron chi connectivity index (χ2n) is 18.6. The molecule has 0 aromatic rings. The summed E-state index contributed by atoms with van der Waals surface area (Å²) < 4.78 is 34.4. The lowest BCUT2D eigenvalue weighted by Crippen LogP contribution is -2.37. The fraction of sp³-hybridized carbons (Fsp3) is 0.959. The second kappa shape index (κ2) is 42.3. The number of hydrogen-bond acceptors (Lipinski definition) is 7. The maximum absolute atomic E-state index is 12.7. The van der Waals surface area contributed by atoms with Gasteiger partial charge in [0.15, 0.2) is 6.10 Å². The summed E-state index contributed by atoms with van der Waals surface area (Å²) in [4.78, 5) is 35.5. The van der Waals surface area contributed by atoms with E-state index in [0.717, 1.165) is 38.5 Å². The first kappa shape index (κ1) is 58.0. The number of ether oxygens (including phenoxy) is 2. The van der Waals surface area contributed by atoms with E-state index in [4.69, 9.17) is 18.5 Å². The van der Waals surface area contributed by atoms with E-state index >= 15 is 0 Å². The molecule has 0 aliphatic rings. The van der Waals surface area contributed by atoms with Gasteiger partial charge in [0.25, 0.3) is 0 Å². The van der Waals surface area contributed by atoms with Crippen molar-refractivity contribution >= 4 is 19.8 Å². The van der Waals surface area contributed by atoms with Crippen LogP contribution in [-0.2, 0) is 32.7 Å². The van der Waals surface area contributed by atoms with Gasteiger partial charge in [-0.25, -0.2) is 4.57 Å². The molecule has 0 heterocycles. The Bertz CT molecular complexity index is 974. The third-order valence-electron chi connectivity index (χ3n) is 11.4. The van der Waals surface area contributed by atoms with Crippen LogP contribution in [0.3, 0.4) is 0 Å². The normalized spacial score (nSPS) is 13.4. The van der Waals surface area contributed by atoms with Gasteiger partial charge in [0.2, 0.25) is 0 Å². The highest BCUT2D eigenvalue weighted by Crippen LogP contribution is 2.43. The van der Waals surface area contributed by atoms with Crippen LogP contribution in [0, 0.1) is 0 Å². The summed E-state index contributed by atoms with van der Waals surface area (Å²) in [6.07, 6.45) is 44.3. The van der Waals surface area contributed by atoms with Crippen LogP contribution in [0.25, 0.3) is 0 Å². The molecule has 10 heteroatoms. The third-order valence-corrected chi connectivity index (χ3v) is 12.4. The Morgan fingerprint density at radius 2 is 0.763 bits per heavy atom. The van der Waals surface area contributed by atoms with Crippen LogP contribution in [0.2, 0.25) is 0 Å². The number of carbonyl (C=O) groups is 2. The molecule has 0 aromatic heterocycles. The van der Waals surface area contributed by atoms with Crippen molar-refractivity contribution in [3.63, 3.8) is 0 Å². The van der Waals surface area contributed by atoms with Crippen LogP contribution in [0.5, 0.6) is 0 Å². The lowest BCUT2D eigenvalue weighted by atomic mass is 10.0. The van der Waals surface area contributed by atoms with Crippen LogP contribution >= 0.6 is 7.82 Å². The Kier molecular flexibility index (Phi) is 41.6. The molecule has 0 amide bonds. The number of carbonyl (C=O) groups excluding carboxylic acids is 2. The summed E-state index contributed by atoms with van der Waals surface area (Å²) in [7, 11) is 1.50. The van der Waals surface area contributed by atoms with Gasteiger partial charge in [0, 0.05) is 12.8 Å². The first-order chi connectivity index (χ1) is 28.5. The summed E-state index contributed by atoms with van der Waals surface area (Å²) in [6.45, 7) is 4.48. The number of nitrogens with zero attached hydrogens (tertiary/aromatic N) is 1. The number of hydrogen-bond donors (Lipinski definition) is 1. The SMILES string of the molecule is CCCCCCCCCCCCCCCCCCCCCC(=O)OC[C@H](COP(=O)(O)OCC[N+](C)(C)C)OC(=O)CCCCCCCCCCCCCCCCCC. The van der Waals surface area contributed by atoms with E-state index in [1.165, 1.54) is 186 Å². The number of quaternary nitrogens is 1. The molecule has 0 saturated heterocycles. The van der Waals surface area contributed by atoms with Crippen molar-refractivity contribution in [2.45, 2.75) is 258 Å². The van der Waals surface area contributed by atoms with Crippen molar-refractivity contribution in [1.29, 1.82) is 0 Å². The van der Waals surface area contributed by atoms with Crippen molar-refractivity contribution in [3.8, 4) is 0 Å². The number of unbranched alkanes of at least 4 members (excludes halogenated alkanes) is 33. The average molecular weight is 861 g/mol. The van der Waals surface area contributed by atoms with Crippen molar-refractivity contribution < 1.29 is 42.1 Å². The molecular formula is C49H99NO8P+. The van der Waals surface area contributed by atoms with Crippen molar-refractivity contribution in [2.75, 3.05) is 47.5 Å². The number of phosphoric ester groups is 1. The quantitative estimate of drug-likeness (QED) is 0.0279. The van der Waals surface area contributed by atoms with Gasteiger partial charge in [-0.1, -0.05) is 226 Å². The second-order valence-corrected chi connectivity index (χ2v) is 20.0. The Hall–Kier alpha value is -0.990. The molecule has 1 unspecified atom stereocenters. The fourth-order valence-electron chi connectivity index (χ4n) is 7.43. The predicted molar refractivity (Wildman–Crippen MR) is 248 cm³/mol. The first-order valence-electron chi connectivity index (χ1n) is 25.3. The van der Waals surface area contributed by atoms with Crippen LogP contribution in [0.1, 0.15) is 251 Å². The van der Waals surface area contributed by atoms with Gasteiger partial charge < -0.3 is 18.9 Å². The summed E-state index contributed by atoms with van der Waals surface area (Å²) in [5.41, 5.74) is 0. The van der Waals surface area contributed by atoms with Crippen LogP contribution in [0.4, 0.5) is 0 Å². The van der Waals surface area contributed by atoms with Gasteiger partial charge in [-0.3, -0.25) is 18.6 Å². The molecule has 0 aliphatic carbocycles. The van der Waals surface area contributed by atoms with Crippen LogP contribution in [-0.4, -0.2) is 74.9 Å². The Labute approximate surface area is 365 Å². The number of phosphoric acid groups is 1. The summed E-state index contributed by atoms with van der Waals surface area (Å²) in [5, 5.41) is 0. The summed E-state index contributed by atoms with van der Waals surface area (Å²) in [6, 6.07) is 0. The largest absolute Gasteiger partial charge is 0.472 e. The van der Waals surface area contributed by atoms with Crippen LogP contribution in [0.15, 0.2) is 0 Å². The molecule has 0 saturated carbocycles. The van der Waals surface area contributed by atoms with E-state index in [0.29, 0.717) is 17.4 Å². The van der Waals surface area contributed by atoms with E-state index < -0.39 is 26.5 Å². The van der Waals surface area contributed by atoms with Crippen molar-refractivity contribution in [2.24, 2.45) is 0 Å². The molecule has 352 valence electrons. The van der Waals surface area contributed by atoms with Gasteiger partial charge in [0.05, 0.1) is 27.7 Å². The Balaban J connectivity index is 4.21. The van der Waals surface area contributed by atoms with Crippen molar-refractivity contribution in [3.05, 3.63) is 0 Å². The minimum absolute atomic E-state index is 0.0371. The van der Waals surface area contributed by atoms with E-state index in [2.05, 4.69) is 13.8 Å². The zero-order valence-electron chi connectivity index (χ0n) is 39.8. The maximum atomic E-state index is 12.7. The molecule has 0 radical (unpaired) electrons. The zero-order chi connectivity index (χ0) is 43.6. The topological polar surface area (TPSA) is 108 Å². The van der Waals surface area contributed by atoms with Gasteiger partial charge >= 0.3 is 19.8 Å². The van der Waals surface area contributed by atoms with Gasteiger partial charge in [-0.15, -0.1) is 0 Å². The molecule has 2 atom stereocenters. The molecule has 0 bridgehead atoms. The minimum Gasteiger partial charge on any atom is -0.462 e. The molecular weight excluding hydrogens is 762 g/mol. The molecule has 1 N–H and O–H groups in total. The molecule has 0 fully saturated rings. The Morgan fingerprint density at radius 3 is 1.08 bits per heavy atom. The van der Waals surface area contributed by atoms with E-state index in [1.54, 1.807) is 0 Å². The lowest BCUT2D eigenvalue weighted by Gasteiger charge is -2.24. The summed E-state index contributed by atoms with van der Waals surface area (Å²) in [5.74, 6) is -0.778. The van der Waals surface area contributed by atoms with Crippen LogP contribution < -0.4 is 0 Å². The predicted octanol–water partition coefficient (Wildman–Crippen LogP) is 14.8. The molecule has 0 aliphatic heterocycles. The number of rotatable bonds is 47. The molecule has 0 aromatic carbocycles. The zero-order valence-corrected chi connectivity index (χ0v) is 40.7. The Morgan fingerprint density at radius 1 is 0.458 bits per heavy atom. The smallest absolute Gasteiger partial charge is 0.462 e. The first-order valence-corrected chi connectivity index (χ1v) is 26.8. The van der Waals surface area contributed by atoms with Gasteiger partial charge in [0.1, 0.15) is 19.8 Å². The molecule has 0 spiro atoms. The highest BCUT2D eigenvalue weighted by atomic mass is 31.2. The van der Waals surface area contributed by atoms with Gasteiger partial charge in [-0.05, 0) is 12.8 Å². The van der Waals surface area contributed by atoms with Crippen molar-refractivity contribution in [1.82, 2.24) is 0 Å². The molecule has 0 rings (SSSR count). The minimum atomic E-state index is -4.37. The monoisotopic (exact) mass is 861 g/mol. The average Bonchev–Trinajstić information content (AvgIpc) is 3.19.